The van der Waals surface area contributed by atoms with Gasteiger partial charge < -0.3 is 9.47 Å². The lowest BCUT2D eigenvalue weighted by Crippen LogP contribution is -2.09. The molecule has 0 rings (SSSR count). The minimum Gasteiger partial charge on any atom is -0.466 e. The van der Waals surface area contributed by atoms with Crippen LogP contribution >= 0.6 is 0 Å². The average molecular weight is 242 g/mol. The highest BCUT2D eigenvalue weighted by molar-refractivity contribution is 5.94. The van der Waals surface area contributed by atoms with Gasteiger partial charge in [0.25, 0.3) is 0 Å². The zero-order valence-electron chi connectivity index (χ0n) is 10.4. The van der Waals surface area contributed by atoms with E-state index in [9.17, 15) is 14.4 Å². The first kappa shape index (κ1) is 15.3. The molecule has 0 aromatic heterocycles. The predicted octanol–water partition coefficient (Wildman–Crippen LogP) is 1.76. The van der Waals surface area contributed by atoms with E-state index in [1.165, 1.54) is 14.0 Å². The summed E-state index contributed by atoms with van der Waals surface area (Å²) in [5.74, 6) is -1.47. The molecule has 0 amide bonds. The van der Waals surface area contributed by atoms with Crippen molar-refractivity contribution in [1.82, 2.24) is 0 Å². The van der Waals surface area contributed by atoms with Gasteiger partial charge in [0.2, 0.25) is 0 Å². The molecule has 0 aliphatic carbocycles. The molecule has 17 heavy (non-hydrogen) atoms. The van der Waals surface area contributed by atoms with E-state index in [1.807, 2.05) is 6.92 Å². The highest BCUT2D eigenvalue weighted by Crippen LogP contribution is 2.09. The van der Waals surface area contributed by atoms with Gasteiger partial charge in [0.1, 0.15) is 18.5 Å². The van der Waals surface area contributed by atoms with Crippen LogP contribution in [0.25, 0.3) is 0 Å². The summed E-state index contributed by atoms with van der Waals surface area (Å²) in [6.45, 7) is 3.28. The molecule has 0 N–H and O–H groups in total. The Labute approximate surface area is 101 Å². The second kappa shape index (κ2) is 8.50. The number of rotatable bonds is 7. The highest BCUT2D eigenvalue weighted by Gasteiger charge is 2.11. The van der Waals surface area contributed by atoms with Crippen LogP contribution in [0.15, 0.2) is 11.8 Å². The van der Waals surface area contributed by atoms with Crippen LogP contribution in [0.3, 0.4) is 0 Å². The molecule has 0 aliphatic rings. The number of hydrogen-bond acceptors (Lipinski definition) is 5. The van der Waals surface area contributed by atoms with Crippen molar-refractivity contribution in [3.8, 4) is 0 Å². The number of methoxy groups -OCH3 is 1. The second-order valence-electron chi connectivity index (χ2n) is 3.61. The van der Waals surface area contributed by atoms with Gasteiger partial charge in [-0.1, -0.05) is 13.3 Å². The van der Waals surface area contributed by atoms with Gasteiger partial charge in [-0.15, -0.1) is 0 Å². The predicted molar refractivity (Wildman–Crippen MR) is 61.0 cm³/mol. The molecule has 0 aliphatic heterocycles. The molecule has 5 nitrogen and oxygen atoms in total. The summed E-state index contributed by atoms with van der Waals surface area (Å²) in [7, 11) is 1.26. The quantitative estimate of drug-likeness (QED) is 0.294. The largest absolute Gasteiger partial charge is 0.466 e. The standard InChI is InChI=1S/C12H18O5/c1-4-5-6-10(12(15)16-3)8-17-11(14)7-9(2)13/h8H,4-7H2,1-3H3. The number of carbonyl (C=O) groups excluding carboxylic acids is 3. The number of esters is 2. The van der Waals surface area contributed by atoms with Crippen molar-refractivity contribution in [2.45, 2.75) is 39.5 Å². The van der Waals surface area contributed by atoms with Crippen LogP contribution in [0.1, 0.15) is 39.5 Å². The molecule has 0 unspecified atom stereocenters. The Kier molecular flexibility index (Phi) is 7.67. The van der Waals surface area contributed by atoms with Crippen molar-refractivity contribution in [1.29, 1.82) is 0 Å². The fourth-order valence-electron chi connectivity index (χ4n) is 1.09. The van der Waals surface area contributed by atoms with Gasteiger partial charge in [-0.25, -0.2) is 4.79 Å². The van der Waals surface area contributed by atoms with Gasteiger partial charge in [0, 0.05) is 0 Å². The highest BCUT2D eigenvalue weighted by atomic mass is 16.5. The van der Waals surface area contributed by atoms with E-state index in [1.54, 1.807) is 0 Å². The number of ketones is 1. The Balaban J connectivity index is 4.41. The molecule has 5 heteroatoms. The van der Waals surface area contributed by atoms with Crippen molar-refractivity contribution in [3.05, 3.63) is 11.8 Å². The van der Waals surface area contributed by atoms with Gasteiger partial charge in [-0.05, 0) is 19.8 Å². The number of hydrogen-bond donors (Lipinski definition) is 0. The number of unbranched alkanes of at least 4 members (excludes halogenated alkanes) is 1. The zero-order valence-corrected chi connectivity index (χ0v) is 10.4. The lowest BCUT2D eigenvalue weighted by molar-refractivity contribution is -0.140. The topological polar surface area (TPSA) is 69.7 Å². The summed E-state index contributed by atoms with van der Waals surface area (Å²) in [5, 5.41) is 0. The zero-order chi connectivity index (χ0) is 13.3. The van der Waals surface area contributed by atoms with E-state index in [0.717, 1.165) is 19.1 Å². The maximum Gasteiger partial charge on any atom is 0.336 e. The number of ether oxygens (including phenoxy) is 2. The van der Waals surface area contributed by atoms with E-state index < -0.39 is 11.9 Å². The molecule has 0 saturated carbocycles. The fraction of sp³-hybridized carbons (Fsp3) is 0.583. The summed E-state index contributed by atoms with van der Waals surface area (Å²) in [6, 6.07) is 0. The van der Waals surface area contributed by atoms with Crippen LogP contribution in [-0.2, 0) is 23.9 Å². The van der Waals surface area contributed by atoms with Gasteiger partial charge in [-0.2, -0.15) is 0 Å². The molecule has 0 radical (unpaired) electrons. The first-order chi connectivity index (χ1) is 8.01. The maximum absolute atomic E-state index is 11.3. The smallest absolute Gasteiger partial charge is 0.336 e. The lowest BCUT2D eigenvalue weighted by Gasteiger charge is -2.04. The molecule has 0 saturated heterocycles. The molecule has 0 aromatic carbocycles. The van der Waals surface area contributed by atoms with E-state index in [2.05, 4.69) is 4.74 Å². The normalized spacial score (nSPS) is 10.9. The van der Waals surface area contributed by atoms with Crippen LogP contribution in [-0.4, -0.2) is 24.8 Å². The summed E-state index contributed by atoms with van der Waals surface area (Å²) < 4.78 is 9.27. The van der Waals surface area contributed by atoms with Crippen molar-refractivity contribution in [2.75, 3.05) is 7.11 Å². The lowest BCUT2D eigenvalue weighted by atomic mass is 10.1. The van der Waals surface area contributed by atoms with E-state index in [4.69, 9.17) is 4.74 Å². The second-order valence-corrected chi connectivity index (χ2v) is 3.61. The minimum absolute atomic E-state index is 0.281. The SMILES string of the molecule is CCCCC(=COC(=O)CC(C)=O)C(=O)OC. The third-order valence-corrected chi connectivity index (χ3v) is 1.97. The van der Waals surface area contributed by atoms with Gasteiger partial charge >= 0.3 is 11.9 Å². The molecule has 0 heterocycles. The fourth-order valence-corrected chi connectivity index (χ4v) is 1.09. The van der Waals surface area contributed by atoms with E-state index in [0.29, 0.717) is 12.0 Å². The van der Waals surface area contributed by atoms with Crippen molar-refractivity contribution < 1.29 is 23.9 Å². The van der Waals surface area contributed by atoms with Crippen LogP contribution in [0.5, 0.6) is 0 Å². The van der Waals surface area contributed by atoms with E-state index in [-0.39, 0.29) is 12.2 Å². The Morgan fingerprint density at radius 3 is 2.35 bits per heavy atom. The summed E-state index contributed by atoms with van der Waals surface area (Å²) in [4.78, 5) is 33.1. The summed E-state index contributed by atoms with van der Waals surface area (Å²) >= 11 is 0. The average Bonchev–Trinajstić information content (AvgIpc) is 2.27. The molecule has 0 bridgehead atoms. The summed E-state index contributed by atoms with van der Waals surface area (Å²) in [6.07, 6.45) is 2.98. The Morgan fingerprint density at radius 1 is 1.24 bits per heavy atom. The maximum atomic E-state index is 11.3. The minimum atomic E-state index is -0.671. The Morgan fingerprint density at radius 2 is 1.88 bits per heavy atom. The summed E-state index contributed by atoms with van der Waals surface area (Å²) in [5.41, 5.74) is 0.297. The van der Waals surface area contributed by atoms with Crippen LogP contribution in [0.4, 0.5) is 0 Å². The third-order valence-electron chi connectivity index (χ3n) is 1.97. The molecule has 0 atom stereocenters. The Hall–Kier alpha value is -1.65. The van der Waals surface area contributed by atoms with Gasteiger partial charge in [0.15, 0.2) is 0 Å². The van der Waals surface area contributed by atoms with Crippen molar-refractivity contribution in [3.63, 3.8) is 0 Å². The van der Waals surface area contributed by atoms with Gasteiger partial charge in [-0.3, -0.25) is 9.59 Å². The number of carbonyl (C=O) groups is 3. The molecule has 0 fully saturated rings. The van der Waals surface area contributed by atoms with Crippen LogP contribution in [0.2, 0.25) is 0 Å². The first-order valence-corrected chi connectivity index (χ1v) is 5.47. The molecular formula is C12H18O5. The Bertz CT molecular complexity index is 317. The molecule has 0 aromatic rings. The van der Waals surface area contributed by atoms with Crippen molar-refractivity contribution >= 4 is 17.7 Å². The van der Waals surface area contributed by atoms with Gasteiger partial charge in [0.05, 0.1) is 12.7 Å². The van der Waals surface area contributed by atoms with Crippen LogP contribution in [0, 0.1) is 0 Å². The van der Waals surface area contributed by atoms with E-state index >= 15 is 0 Å². The first-order valence-electron chi connectivity index (χ1n) is 5.47. The molecule has 0 spiro atoms. The van der Waals surface area contributed by atoms with Crippen molar-refractivity contribution in [2.24, 2.45) is 0 Å². The van der Waals surface area contributed by atoms with Crippen LogP contribution < -0.4 is 0 Å². The molecule has 96 valence electrons. The number of Topliss-reactive ketones (excluding diaryl/α,β-unsaturated/α-hetero) is 1. The molecular weight excluding hydrogens is 224 g/mol. The third kappa shape index (κ3) is 7.27. The monoisotopic (exact) mass is 242 g/mol.